The average Bonchev–Trinajstić information content (AvgIpc) is 3.45. The van der Waals surface area contributed by atoms with Crippen molar-refractivity contribution in [3.8, 4) is 17.1 Å². The Morgan fingerprint density at radius 2 is 1.91 bits per heavy atom. The van der Waals surface area contributed by atoms with E-state index < -0.39 is 0 Å². The number of carbonyl (C=O) groups excluding carboxylic acids is 1. The minimum absolute atomic E-state index is 0.0718. The number of thiophene rings is 1. The first-order valence-electron chi connectivity index (χ1n) is 10.3. The quantitative estimate of drug-likeness (QED) is 0.359. The number of halogens is 1. The molecule has 5 nitrogen and oxygen atoms in total. The molecule has 0 aliphatic carbocycles. The van der Waals surface area contributed by atoms with Gasteiger partial charge in [-0.15, -0.1) is 21.5 Å². The lowest BCUT2D eigenvalue weighted by atomic mass is 10.2. The van der Waals surface area contributed by atoms with Crippen LogP contribution < -0.4 is 5.32 Å². The molecule has 4 aromatic rings. The maximum Gasteiger partial charge on any atom is 0.233 e. The molecule has 2 aromatic heterocycles. The number of aromatic nitrogens is 3. The van der Waals surface area contributed by atoms with Crippen molar-refractivity contribution in [2.45, 2.75) is 30.7 Å². The van der Waals surface area contributed by atoms with Crippen molar-refractivity contribution < 1.29 is 9.18 Å². The van der Waals surface area contributed by atoms with Gasteiger partial charge in [0.25, 0.3) is 0 Å². The van der Waals surface area contributed by atoms with E-state index in [1.54, 1.807) is 34.1 Å². The maximum absolute atomic E-state index is 14.5. The van der Waals surface area contributed by atoms with Crippen LogP contribution in [0.5, 0.6) is 0 Å². The van der Waals surface area contributed by atoms with Gasteiger partial charge in [-0.3, -0.25) is 9.36 Å². The first-order valence-corrected chi connectivity index (χ1v) is 12.0. The molecule has 0 spiro atoms. The van der Waals surface area contributed by atoms with E-state index >= 15 is 0 Å². The lowest BCUT2D eigenvalue weighted by Crippen LogP contribution is -2.32. The fourth-order valence-electron chi connectivity index (χ4n) is 3.21. The molecule has 1 amide bonds. The molecule has 1 atom stereocenters. The molecule has 0 aliphatic heterocycles. The molecular formula is C24H23FN4OS2. The molecule has 0 aliphatic rings. The standard InChI is InChI=1S/C24H23FN4OS2/c1-16-9-11-18(12-10-16)29-22(20-7-3-4-8-21(20)25)27-28-24(29)32-17(2)23(30)26-14-13-19-6-5-15-31-19/h3-12,15,17H,13-14H2,1-2H3,(H,26,30). The molecule has 4 rings (SSSR count). The maximum atomic E-state index is 14.5. The van der Waals surface area contributed by atoms with Crippen molar-refractivity contribution in [3.63, 3.8) is 0 Å². The number of carbonyl (C=O) groups is 1. The number of nitrogens with zero attached hydrogens (tertiary/aromatic N) is 3. The second-order valence-electron chi connectivity index (χ2n) is 7.34. The van der Waals surface area contributed by atoms with Gasteiger partial charge in [-0.05, 0) is 56.0 Å². The van der Waals surface area contributed by atoms with Crippen LogP contribution >= 0.6 is 23.1 Å². The van der Waals surface area contributed by atoms with Crippen molar-refractivity contribution >= 4 is 29.0 Å². The molecule has 32 heavy (non-hydrogen) atoms. The van der Waals surface area contributed by atoms with Gasteiger partial charge in [-0.1, -0.05) is 47.7 Å². The van der Waals surface area contributed by atoms with Crippen molar-refractivity contribution in [1.29, 1.82) is 0 Å². The fourth-order valence-corrected chi connectivity index (χ4v) is 4.81. The van der Waals surface area contributed by atoms with Gasteiger partial charge in [0.2, 0.25) is 5.91 Å². The molecule has 0 fully saturated rings. The molecule has 8 heteroatoms. The summed E-state index contributed by atoms with van der Waals surface area (Å²) < 4.78 is 16.3. The largest absolute Gasteiger partial charge is 0.355 e. The Morgan fingerprint density at radius 3 is 2.62 bits per heavy atom. The lowest BCUT2D eigenvalue weighted by Gasteiger charge is -2.14. The summed E-state index contributed by atoms with van der Waals surface area (Å²) in [6.45, 7) is 4.42. The molecule has 0 radical (unpaired) electrons. The lowest BCUT2D eigenvalue weighted by molar-refractivity contribution is -0.120. The van der Waals surface area contributed by atoms with E-state index in [-0.39, 0.29) is 17.0 Å². The van der Waals surface area contributed by atoms with E-state index in [9.17, 15) is 9.18 Å². The first-order chi connectivity index (χ1) is 15.5. The normalized spacial score (nSPS) is 12.0. The number of thioether (sulfide) groups is 1. The van der Waals surface area contributed by atoms with Gasteiger partial charge >= 0.3 is 0 Å². The molecule has 0 saturated heterocycles. The summed E-state index contributed by atoms with van der Waals surface area (Å²) in [5.41, 5.74) is 2.29. The second-order valence-corrected chi connectivity index (χ2v) is 9.68. The molecule has 2 aromatic carbocycles. The second kappa shape index (κ2) is 10.1. The molecular weight excluding hydrogens is 443 g/mol. The van der Waals surface area contributed by atoms with Gasteiger partial charge in [0.15, 0.2) is 11.0 Å². The number of rotatable bonds is 8. The molecule has 1 N–H and O–H groups in total. The van der Waals surface area contributed by atoms with Crippen molar-refractivity contribution in [1.82, 2.24) is 20.1 Å². The summed E-state index contributed by atoms with van der Waals surface area (Å²) >= 11 is 2.98. The van der Waals surface area contributed by atoms with E-state index in [0.29, 0.717) is 23.1 Å². The minimum Gasteiger partial charge on any atom is -0.355 e. The van der Waals surface area contributed by atoms with Crippen molar-refractivity contribution in [2.75, 3.05) is 6.54 Å². The molecule has 0 bridgehead atoms. The number of amides is 1. The van der Waals surface area contributed by atoms with Crippen LogP contribution in [0.3, 0.4) is 0 Å². The molecule has 2 heterocycles. The van der Waals surface area contributed by atoms with E-state index in [1.165, 1.54) is 22.7 Å². The molecule has 1 unspecified atom stereocenters. The SMILES string of the molecule is Cc1ccc(-n2c(SC(C)C(=O)NCCc3cccs3)nnc2-c2ccccc2F)cc1. The number of hydrogen-bond acceptors (Lipinski definition) is 5. The Labute approximate surface area is 194 Å². The summed E-state index contributed by atoms with van der Waals surface area (Å²) in [7, 11) is 0. The zero-order valence-corrected chi connectivity index (χ0v) is 19.4. The Hall–Kier alpha value is -2.97. The van der Waals surface area contributed by atoms with Crippen molar-refractivity contribution in [2.24, 2.45) is 0 Å². The third-order valence-electron chi connectivity index (χ3n) is 4.94. The highest BCUT2D eigenvalue weighted by atomic mass is 32.2. The fraction of sp³-hybridized carbons (Fsp3) is 0.208. The Bertz CT molecular complexity index is 1190. The highest BCUT2D eigenvalue weighted by Gasteiger charge is 2.23. The van der Waals surface area contributed by atoms with E-state index in [1.807, 2.05) is 49.6 Å². The van der Waals surface area contributed by atoms with Crippen LogP contribution in [0.15, 0.2) is 71.2 Å². The van der Waals surface area contributed by atoms with Gasteiger partial charge in [-0.25, -0.2) is 4.39 Å². The number of benzene rings is 2. The molecule has 0 saturated carbocycles. The van der Waals surface area contributed by atoms with Crippen LogP contribution in [0, 0.1) is 12.7 Å². The van der Waals surface area contributed by atoms with Gasteiger partial charge in [0.05, 0.1) is 10.8 Å². The number of nitrogens with one attached hydrogen (secondary N) is 1. The van der Waals surface area contributed by atoms with Gasteiger partial charge in [0, 0.05) is 17.1 Å². The third-order valence-corrected chi connectivity index (χ3v) is 6.92. The Morgan fingerprint density at radius 1 is 1.12 bits per heavy atom. The summed E-state index contributed by atoms with van der Waals surface area (Å²) in [5.74, 6) is -0.0404. The minimum atomic E-state index is -0.389. The van der Waals surface area contributed by atoms with Crippen molar-refractivity contribution in [3.05, 3.63) is 82.3 Å². The Balaban J connectivity index is 1.57. The highest BCUT2D eigenvalue weighted by Crippen LogP contribution is 2.31. The van der Waals surface area contributed by atoms with E-state index in [2.05, 4.69) is 21.6 Å². The van der Waals surface area contributed by atoms with Crippen LogP contribution in [0.1, 0.15) is 17.4 Å². The van der Waals surface area contributed by atoms with Gasteiger partial charge in [0.1, 0.15) is 5.82 Å². The van der Waals surface area contributed by atoms with Crippen LogP contribution in [0.4, 0.5) is 4.39 Å². The molecule has 164 valence electrons. The number of aryl methyl sites for hydroxylation is 1. The smallest absolute Gasteiger partial charge is 0.233 e. The summed E-state index contributed by atoms with van der Waals surface area (Å²) in [6.07, 6.45) is 0.803. The van der Waals surface area contributed by atoms with Crippen LogP contribution in [-0.4, -0.2) is 32.5 Å². The first kappa shape index (κ1) is 22.2. The zero-order valence-electron chi connectivity index (χ0n) is 17.8. The number of hydrogen-bond donors (Lipinski definition) is 1. The van der Waals surface area contributed by atoms with E-state index in [0.717, 1.165) is 17.7 Å². The monoisotopic (exact) mass is 466 g/mol. The predicted octanol–water partition coefficient (Wildman–Crippen LogP) is 5.28. The van der Waals surface area contributed by atoms with Crippen LogP contribution in [0.25, 0.3) is 17.1 Å². The summed E-state index contributed by atoms with van der Waals surface area (Å²) in [5, 5.41) is 13.7. The van der Waals surface area contributed by atoms with E-state index in [4.69, 9.17) is 0 Å². The zero-order chi connectivity index (χ0) is 22.5. The van der Waals surface area contributed by atoms with Crippen LogP contribution in [0.2, 0.25) is 0 Å². The third kappa shape index (κ3) is 5.08. The average molecular weight is 467 g/mol. The predicted molar refractivity (Wildman–Crippen MR) is 128 cm³/mol. The summed E-state index contributed by atoms with van der Waals surface area (Å²) in [4.78, 5) is 13.9. The van der Waals surface area contributed by atoms with Crippen LogP contribution in [-0.2, 0) is 11.2 Å². The van der Waals surface area contributed by atoms with Gasteiger partial charge in [-0.2, -0.15) is 0 Å². The Kier molecular flexibility index (Phi) is 7.02. The topological polar surface area (TPSA) is 59.8 Å². The highest BCUT2D eigenvalue weighted by molar-refractivity contribution is 8.00. The summed E-state index contributed by atoms with van der Waals surface area (Å²) in [6, 6.07) is 18.4. The van der Waals surface area contributed by atoms with Gasteiger partial charge < -0.3 is 5.32 Å².